The largest absolute Gasteiger partial charge is 0.497 e. The summed E-state index contributed by atoms with van der Waals surface area (Å²) in [5.41, 5.74) is 1.98. The van der Waals surface area contributed by atoms with E-state index in [1.807, 2.05) is 18.2 Å². The van der Waals surface area contributed by atoms with Crippen molar-refractivity contribution >= 4 is 11.8 Å². The number of fused-ring (bicyclic) bond motifs is 1. The van der Waals surface area contributed by atoms with Crippen LogP contribution >= 0.6 is 0 Å². The van der Waals surface area contributed by atoms with E-state index in [9.17, 15) is 4.79 Å². The molecule has 108 valence electrons. The first-order chi connectivity index (χ1) is 9.60. The zero-order valence-corrected chi connectivity index (χ0v) is 11.7. The highest BCUT2D eigenvalue weighted by atomic mass is 16.5. The summed E-state index contributed by atoms with van der Waals surface area (Å²) in [4.78, 5) is 11.1. The Morgan fingerprint density at radius 2 is 2.20 bits per heavy atom. The van der Waals surface area contributed by atoms with E-state index in [-0.39, 0.29) is 12.0 Å². The van der Waals surface area contributed by atoms with Crippen molar-refractivity contribution in [3.63, 3.8) is 0 Å². The van der Waals surface area contributed by atoms with Crippen molar-refractivity contribution in [2.75, 3.05) is 12.4 Å². The molecule has 1 saturated carbocycles. The van der Waals surface area contributed by atoms with Crippen molar-refractivity contribution in [2.45, 2.75) is 31.8 Å². The van der Waals surface area contributed by atoms with Crippen LogP contribution in [0.3, 0.4) is 0 Å². The molecule has 20 heavy (non-hydrogen) atoms. The van der Waals surface area contributed by atoms with E-state index in [0.29, 0.717) is 12.0 Å². The molecule has 0 spiro atoms. The number of methoxy groups -OCH3 is 1. The third-order valence-corrected chi connectivity index (χ3v) is 4.42. The molecule has 3 rings (SSSR count). The zero-order chi connectivity index (χ0) is 14.3. The van der Waals surface area contributed by atoms with Crippen molar-refractivity contribution in [1.82, 2.24) is 5.32 Å². The van der Waals surface area contributed by atoms with Crippen LogP contribution in [-0.4, -0.2) is 24.4 Å². The van der Waals surface area contributed by atoms with Crippen molar-refractivity contribution < 1.29 is 14.6 Å². The van der Waals surface area contributed by atoms with Gasteiger partial charge in [0, 0.05) is 23.2 Å². The van der Waals surface area contributed by atoms with Gasteiger partial charge in [0.2, 0.25) is 0 Å². The molecule has 0 saturated heterocycles. The van der Waals surface area contributed by atoms with Crippen LogP contribution < -0.4 is 15.4 Å². The van der Waals surface area contributed by atoms with Crippen LogP contribution in [0, 0.1) is 11.8 Å². The summed E-state index contributed by atoms with van der Waals surface area (Å²) in [6.07, 6.45) is 1.48. The highest BCUT2D eigenvalue weighted by Gasteiger charge is 2.42. The van der Waals surface area contributed by atoms with Gasteiger partial charge in [-0.25, -0.2) is 4.79 Å². The van der Waals surface area contributed by atoms with Crippen molar-refractivity contribution in [3.05, 3.63) is 23.8 Å². The molecule has 3 atom stereocenters. The van der Waals surface area contributed by atoms with Crippen LogP contribution in [0.15, 0.2) is 18.2 Å². The Labute approximate surface area is 118 Å². The Bertz CT molecular complexity index is 528. The topological polar surface area (TPSA) is 70.6 Å². The molecule has 5 nitrogen and oxygen atoms in total. The third-order valence-electron chi connectivity index (χ3n) is 4.42. The van der Waals surface area contributed by atoms with Gasteiger partial charge in [0.15, 0.2) is 0 Å². The monoisotopic (exact) mass is 276 g/mol. The molecule has 0 radical (unpaired) electrons. The molecular weight excluding hydrogens is 256 g/mol. The molecule has 0 bridgehead atoms. The molecule has 1 aromatic rings. The standard InChI is InChI=1S/C15H20N2O3/c1-8-13(9-3-4-9)16-12-6-5-10(20-2)7-11(12)14(8)17-15(18)19/h5-9,13-14,16-17H,3-4H2,1-2H3,(H,18,19)/t8-,13+,14+/m0/s1. The lowest BCUT2D eigenvalue weighted by molar-refractivity contribution is 0.181. The van der Waals surface area contributed by atoms with Crippen LogP contribution in [0.5, 0.6) is 5.75 Å². The Morgan fingerprint density at radius 3 is 2.80 bits per heavy atom. The fraction of sp³-hybridized carbons (Fsp3) is 0.533. The molecule has 1 amide bonds. The highest BCUT2D eigenvalue weighted by molar-refractivity contribution is 5.68. The fourth-order valence-electron chi connectivity index (χ4n) is 3.20. The lowest BCUT2D eigenvalue weighted by Crippen LogP contribution is -2.44. The van der Waals surface area contributed by atoms with Gasteiger partial charge in [-0.3, -0.25) is 0 Å². The number of carbonyl (C=O) groups is 1. The maximum atomic E-state index is 11.1. The summed E-state index contributed by atoms with van der Waals surface area (Å²) in [6.45, 7) is 2.11. The lowest BCUT2D eigenvalue weighted by atomic mass is 9.81. The Hall–Kier alpha value is -1.91. The van der Waals surface area contributed by atoms with Crippen LogP contribution in [0.1, 0.15) is 31.4 Å². The van der Waals surface area contributed by atoms with Gasteiger partial charge in [-0.05, 0) is 37.0 Å². The number of benzene rings is 1. The number of carboxylic acid groups (broad SMARTS) is 1. The van der Waals surface area contributed by atoms with E-state index >= 15 is 0 Å². The minimum atomic E-state index is -0.980. The quantitative estimate of drug-likeness (QED) is 0.794. The van der Waals surface area contributed by atoms with E-state index in [2.05, 4.69) is 17.6 Å². The Kier molecular flexibility index (Phi) is 3.20. The summed E-state index contributed by atoms with van der Waals surface area (Å²) < 4.78 is 5.25. The van der Waals surface area contributed by atoms with E-state index in [0.717, 1.165) is 17.0 Å². The van der Waals surface area contributed by atoms with Gasteiger partial charge >= 0.3 is 6.09 Å². The number of ether oxygens (including phenoxy) is 1. The van der Waals surface area contributed by atoms with Crippen LogP contribution in [0.2, 0.25) is 0 Å². The van der Waals surface area contributed by atoms with Crippen molar-refractivity contribution in [2.24, 2.45) is 11.8 Å². The fourth-order valence-corrected chi connectivity index (χ4v) is 3.20. The minimum Gasteiger partial charge on any atom is -0.497 e. The first-order valence-corrected chi connectivity index (χ1v) is 7.04. The molecule has 0 unspecified atom stereocenters. The second kappa shape index (κ2) is 4.89. The summed E-state index contributed by atoms with van der Waals surface area (Å²) in [7, 11) is 1.62. The number of hydrogen-bond acceptors (Lipinski definition) is 3. The smallest absolute Gasteiger partial charge is 0.405 e. The number of anilines is 1. The van der Waals surface area contributed by atoms with Crippen molar-refractivity contribution in [3.8, 4) is 5.75 Å². The molecule has 1 aliphatic heterocycles. The normalized spacial score (nSPS) is 28.2. The number of hydrogen-bond donors (Lipinski definition) is 3. The molecule has 1 aliphatic carbocycles. The van der Waals surface area contributed by atoms with Gasteiger partial charge in [0.1, 0.15) is 5.75 Å². The van der Waals surface area contributed by atoms with Gasteiger partial charge in [-0.1, -0.05) is 6.92 Å². The van der Waals surface area contributed by atoms with Gasteiger partial charge in [0.05, 0.1) is 13.2 Å². The van der Waals surface area contributed by atoms with Gasteiger partial charge in [-0.2, -0.15) is 0 Å². The first kappa shape index (κ1) is 13.1. The van der Waals surface area contributed by atoms with Crippen LogP contribution in [0.25, 0.3) is 0 Å². The predicted octanol–water partition coefficient (Wildman–Crippen LogP) is 2.84. The second-order valence-corrected chi connectivity index (χ2v) is 5.75. The van der Waals surface area contributed by atoms with E-state index in [4.69, 9.17) is 9.84 Å². The average Bonchev–Trinajstić information content (AvgIpc) is 3.25. The highest BCUT2D eigenvalue weighted by Crippen LogP contribution is 2.46. The van der Waals surface area contributed by atoms with E-state index in [1.54, 1.807) is 7.11 Å². The molecule has 3 N–H and O–H groups in total. The van der Waals surface area contributed by atoms with Gasteiger partial charge in [0.25, 0.3) is 0 Å². The molecular formula is C15H20N2O3. The van der Waals surface area contributed by atoms with Crippen LogP contribution in [0.4, 0.5) is 10.5 Å². The maximum absolute atomic E-state index is 11.1. The number of nitrogens with one attached hydrogen (secondary N) is 2. The molecule has 1 fully saturated rings. The molecule has 0 aromatic heterocycles. The molecule has 5 heteroatoms. The van der Waals surface area contributed by atoms with Gasteiger partial charge < -0.3 is 20.5 Å². The Balaban J connectivity index is 1.98. The van der Waals surface area contributed by atoms with Gasteiger partial charge in [-0.15, -0.1) is 0 Å². The number of rotatable bonds is 3. The van der Waals surface area contributed by atoms with E-state index in [1.165, 1.54) is 12.8 Å². The SMILES string of the molecule is COc1ccc2c(c1)[C@H](NC(=O)O)[C@@H](C)[C@H](C1CC1)N2. The summed E-state index contributed by atoms with van der Waals surface area (Å²) in [5.74, 6) is 1.64. The van der Waals surface area contributed by atoms with Crippen molar-refractivity contribution in [1.29, 1.82) is 0 Å². The first-order valence-electron chi connectivity index (χ1n) is 7.04. The predicted molar refractivity (Wildman–Crippen MR) is 76.2 cm³/mol. The van der Waals surface area contributed by atoms with E-state index < -0.39 is 6.09 Å². The summed E-state index contributed by atoms with van der Waals surface area (Å²) in [5, 5.41) is 15.4. The maximum Gasteiger partial charge on any atom is 0.405 e. The Morgan fingerprint density at radius 1 is 1.45 bits per heavy atom. The molecule has 2 aliphatic rings. The lowest BCUT2D eigenvalue weighted by Gasteiger charge is -2.39. The second-order valence-electron chi connectivity index (χ2n) is 5.75. The molecule has 1 aromatic carbocycles. The zero-order valence-electron chi connectivity index (χ0n) is 11.7. The summed E-state index contributed by atoms with van der Waals surface area (Å²) >= 11 is 0. The number of amides is 1. The minimum absolute atomic E-state index is 0.190. The molecule has 1 heterocycles. The van der Waals surface area contributed by atoms with Crippen LogP contribution in [-0.2, 0) is 0 Å². The summed E-state index contributed by atoms with van der Waals surface area (Å²) in [6, 6.07) is 5.95. The average molecular weight is 276 g/mol. The third kappa shape index (κ3) is 2.28.